The van der Waals surface area contributed by atoms with Gasteiger partial charge in [-0.1, -0.05) is 0 Å². The lowest BCUT2D eigenvalue weighted by Gasteiger charge is -2.04. The van der Waals surface area contributed by atoms with Crippen LogP contribution < -0.4 is 0 Å². The molecule has 0 radical (unpaired) electrons. The maximum absolute atomic E-state index is 10.6. The number of aliphatic hydroxyl groups excluding tert-OH is 1. The third kappa shape index (κ3) is 12.7. The van der Waals surface area contributed by atoms with E-state index in [1.807, 2.05) is 0 Å². The van der Waals surface area contributed by atoms with Crippen LogP contribution in [-0.2, 0) is 52.5 Å². The highest BCUT2D eigenvalue weighted by Crippen LogP contribution is 2.11. The van der Waals surface area contributed by atoms with Crippen LogP contribution >= 0.6 is 0 Å². The van der Waals surface area contributed by atoms with E-state index in [9.17, 15) is 31.2 Å². The zero-order valence-corrected chi connectivity index (χ0v) is 15.9. The summed E-state index contributed by atoms with van der Waals surface area (Å²) in [5.74, 6) is -2.10. The number of esters is 3. The summed E-state index contributed by atoms with van der Waals surface area (Å²) in [4.78, 5) is 30.0. The Balaban J connectivity index is 0.000000373. The van der Waals surface area contributed by atoms with Crippen LogP contribution in [0.3, 0.4) is 0 Å². The van der Waals surface area contributed by atoms with Crippen LogP contribution in [0.4, 0.5) is 0 Å². The molecular formula is C12H20O12S2. The van der Waals surface area contributed by atoms with Gasteiger partial charge in [0.2, 0.25) is 0 Å². The van der Waals surface area contributed by atoms with Crippen molar-refractivity contribution in [2.45, 2.75) is 33.0 Å². The molecule has 1 N–H and O–H groups in total. The van der Waals surface area contributed by atoms with E-state index in [0.29, 0.717) is 0 Å². The number of ether oxygens (including phenoxy) is 2. The fraction of sp³-hybridized carbons (Fsp3) is 0.750. The zero-order valence-electron chi connectivity index (χ0n) is 14.2. The number of rotatable bonds is 1. The predicted molar refractivity (Wildman–Crippen MR) is 83.5 cm³/mol. The van der Waals surface area contributed by atoms with Crippen molar-refractivity contribution in [2.24, 2.45) is 0 Å². The van der Waals surface area contributed by atoms with Crippen molar-refractivity contribution in [3.8, 4) is 0 Å². The molecule has 26 heavy (non-hydrogen) atoms. The quantitative estimate of drug-likeness (QED) is 0.283. The number of hydrogen-bond donors (Lipinski definition) is 1. The third-order valence-electron chi connectivity index (χ3n) is 2.28. The zero-order chi connectivity index (χ0) is 20.5. The minimum Gasteiger partial charge on any atom is -0.459 e. The largest absolute Gasteiger partial charge is 0.459 e. The molecule has 2 fully saturated rings. The Bertz CT molecular complexity index is 696. The average Bonchev–Trinajstić information content (AvgIpc) is 2.90. The summed E-state index contributed by atoms with van der Waals surface area (Å²) in [5, 5.41) is 8.56. The topological polar surface area (TPSA) is 177 Å². The fourth-order valence-corrected chi connectivity index (χ4v) is 3.63. The summed E-state index contributed by atoms with van der Waals surface area (Å²) in [7, 11) is -6.76. The van der Waals surface area contributed by atoms with Crippen LogP contribution in [0, 0.1) is 0 Å². The molecule has 0 aromatic heterocycles. The molecule has 2 aliphatic rings. The Hall–Kier alpha value is -1.61. The molecule has 2 aliphatic heterocycles. The van der Waals surface area contributed by atoms with Crippen LogP contribution in [0.1, 0.15) is 20.8 Å². The van der Waals surface area contributed by atoms with Gasteiger partial charge in [0.15, 0.2) is 0 Å². The van der Waals surface area contributed by atoms with Gasteiger partial charge in [-0.3, -0.25) is 22.7 Å². The molecule has 0 aromatic rings. The van der Waals surface area contributed by atoms with Crippen molar-refractivity contribution < 1.29 is 54.2 Å². The Labute approximate surface area is 150 Å². The van der Waals surface area contributed by atoms with Crippen LogP contribution in [0.25, 0.3) is 0 Å². The van der Waals surface area contributed by atoms with E-state index in [0.717, 1.165) is 0 Å². The SMILES string of the molecule is CC(=O)OC(C)=O.CC(=O)OC1COS(=O)(=O)C1.O=S1(=O)CC(O)CO1. The molecule has 0 aromatic carbocycles. The van der Waals surface area contributed by atoms with Gasteiger partial charge >= 0.3 is 17.9 Å². The van der Waals surface area contributed by atoms with Crippen LogP contribution in [0.2, 0.25) is 0 Å². The second-order valence-corrected chi connectivity index (χ2v) is 8.36. The first-order chi connectivity index (χ1) is 11.7. The average molecular weight is 420 g/mol. The second kappa shape index (κ2) is 10.5. The number of carbonyl (C=O) groups excluding carboxylic acids is 3. The van der Waals surface area contributed by atoms with Crippen molar-refractivity contribution >= 4 is 38.1 Å². The van der Waals surface area contributed by atoms with Gasteiger partial charge in [-0.15, -0.1) is 0 Å². The fourth-order valence-electron chi connectivity index (χ4n) is 1.52. The lowest BCUT2D eigenvalue weighted by atomic mass is 10.4. The first kappa shape index (κ1) is 24.4. The van der Waals surface area contributed by atoms with E-state index in [-0.39, 0.29) is 24.7 Å². The number of hydrogen-bond acceptors (Lipinski definition) is 12. The van der Waals surface area contributed by atoms with E-state index in [1.54, 1.807) is 0 Å². The van der Waals surface area contributed by atoms with E-state index in [4.69, 9.17) is 5.11 Å². The maximum Gasteiger partial charge on any atom is 0.310 e. The molecule has 2 saturated heterocycles. The number of aliphatic hydroxyl groups is 1. The molecule has 152 valence electrons. The van der Waals surface area contributed by atoms with Crippen LogP contribution in [0.5, 0.6) is 0 Å². The van der Waals surface area contributed by atoms with Crippen molar-refractivity contribution in [2.75, 3.05) is 24.7 Å². The van der Waals surface area contributed by atoms with E-state index < -0.39 is 50.4 Å². The van der Waals surface area contributed by atoms with Gasteiger partial charge in [0.25, 0.3) is 20.2 Å². The Morgan fingerprint density at radius 2 is 1.31 bits per heavy atom. The summed E-state index contributed by atoms with van der Waals surface area (Å²) < 4.78 is 58.8. The minimum atomic E-state index is -3.42. The number of carbonyl (C=O) groups is 3. The highest BCUT2D eigenvalue weighted by Gasteiger charge is 2.31. The van der Waals surface area contributed by atoms with Gasteiger partial charge in [-0.2, -0.15) is 16.8 Å². The van der Waals surface area contributed by atoms with Crippen LogP contribution in [-0.4, -0.2) is 76.8 Å². The predicted octanol–water partition coefficient (Wildman–Crippen LogP) is -1.92. The van der Waals surface area contributed by atoms with E-state index in [1.165, 1.54) is 20.8 Å². The summed E-state index contributed by atoms with van der Waals surface area (Å²) in [6.45, 7) is 3.46. The molecule has 0 spiro atoms. The van der Waals surface area contributed by atoms with Gasteiger partial charge in [0.1, 0.15) is 24.2 Å². The Morgan fingerprint density at radius 3 is 1.50 bits per heavy atom. The lowest BCUT2D eigenvalue weighted by Crippen LogP contribution is -2.19. The maximum atomic E-state index is 10.6. The monoisotopic (exact) mass is 420 g/mol. The molecule has 0 amide bonds. The molecule has 2 atom stereocenters. The van der Waals surface area contributed by atoms with Gasteiger partial charge in [0.05, 0.1) is 12.7 Å². The van der Waals surface area contributed by atoms with Gasteiger partial charge in [0, 0.05) is 20.8 Å². The molecule has 12 nitrogen and oxygen atoms in total. The molecule has 0 aliphatic carbocycles. The Morgan fingerprint density at radius 1 is 0.846 bits per heavy atom. The first-order valence-corrected chi connectivity index (χ1v) is 10.2. The first-order valence-electron chi connectivity index (χ1n) is 7.01. The highest BCUT2D eigenvalue weighted by atomic mass is 32.2. The van der Waals surface area contributed by atoms with Gasteiger partial charge < -0.3 is 14.6 Å². The molecule has 2 heterocycles. The molecule has 2 rings (SSSR count). The molecular weight excluding hydrogens is 400 g/mol. The van der Waals surface area contributed by atoms with Crippen molar-refractivity contribution in [1.29, 1.82) is 0 Å². The van der Waals surface area contributed by atoms with E-state index in [2.05, 4.69) is 17.8 Å². The smallest absolute Gasteiger partial charge is 0.310 e. The standard InChI is InChI=1S/C5H8O5S.C4H6O3.C3H6O4S/c1-4(6)10-5-2-9-11(7,8)3-5;1-3(5)7-4(2)6;4-3-1-7-8(5,6)2-3/h5H,2-3H2,1H3;1-2H3;3-4H,1-2H2. The highest BCUT2D eigenvalue weighted by molar-refractivity contribution is 7.87. The van der Waals surface area contributed by atoms with Crippen molar-refractivity contribution in [3.63, 3.8) is 0 Å². The normalized spacial score (nSPS) is 24.9. The van der Waals surface area contributed by atoms with Crippen molar-refractivity contribution in [1.82, 2.24) is 0 Å². The molecule has 14 heteroatoms. The lowest BCUT2D eigenvalue weighted by molar-refractivity contribution is -0.156. The second-order valence-electron chi connectivity index (χ2n) is 4.99. The third-order valence-corrected chi connectivity index (χ3v) is 4.84. The summed E-state index contributed by atoms with van der Waals surface area (Å²) >= 11 is 0. The summed E-state index contributed by atoms with van der Waals surface area (Å²) in [6, 6.07) is 0. The van der Waals surface area contributed by atoms with Gasteiger partial charge in [-0.05, 0) is 0 Å². The molecule has 0 saturated carbocycles. The van der Waals surface area contributed by atoms with Gasteiger partial charge in [-0.25, -0.2) is 0 Å². The summed E-state index contributed by atoms with van der Waals surface area (Å²) in [5.41, 5.74) is 0. The Kier molecular flexibility index (Phi) is 9.87. The van der Waals surface area contributed by atoms with Crippen molar-refractivity contribution in [3.05, 3.63) is 0 Å². The van der Waals surface area contributed by atoms with E-state index >= 15 is 0 Å². The molecule has 0 bridgehead atoms. The summed E-state index contributed by atoms with van der Waals surface area (Å²) in [6.07, 6.45) is -1.45. The minimum absolute atomic E-state index is 0.0537. The molecule has 2 unspecified atom stereocenters. The van der Waals surface area contributed by atoms with Crippen LogP contribution in [0.15, 0.2) is 0 Å².